The van der Waals surface area contributed by atoms with Gasteiger partial charge in [-0.25, -0.2) is 9.59 Å². The second kappa shape index (κ2) is 5.46. The Morgan fingerprint density at radius 1 is 0.941 bits per heavy atom. The molecule has 0 aliphatic heterocycles. The van der Waals surface area contributed by atoms with Gasteiger partial charge in [-0.3, -0.25) is 0 Å². The zero-order valence-corrected chi connectivity index (χ0v) is 9.76. The molecule has 2 atom stereocenters. The van der Waals surface area contributed by atoms with E-state index in [9.17, 15) is 0 Å². The van der Waals surface area contributed by atoms with Crippen LogP contribution in [0.1, 0.15) is 38.5 Å². The molecule has 0 radical (unpaired) electrons. The summed E-state index contributed by atoms with van der Waals surface area (Å²) in [5, 5.41) is 14.8. The van der Waals surface area contributed by atoms with Crippen LogP contribution in [0, 0.1) is 5.41 Å². The molecule has 2 fully saturated rings. The zero-order chi connectivity index (χ0) is 13.1. The van der Waals surface area contributed by atoms with Gasteiger partial charge in [0.15, 0.2) is 0 Å². The Morgan fingerprint density at radius 3 is 1.47 bits per heavy atom. The Morgan fingerprint density at radius 2 is 1.29 bits per heavy atom. The normalized spacial score (nSPS) is 29.8. The van der Waals surface area contributed by atoms with Gasteiger partial charge in [0.1, 0.15) is 0 Å². The first-order valence-electron chi connectivity index (χ1n) is 5.87. The van der Waals surface area contributed by atoms with Gasteiger partial charge in [-0.2, -0.15) is 0 Å². The van der Waals surface area contributed by atoms with E-state index in [4.69, 9.17) is 31.3 Å². The molecule has 17 heavy (non-hydrogen) atoms. The van der Waals surface area contributed by atoms with Gasteiger partial charge in [-0.05, 0) is 25.7 Å². The summed E-state index contributed by atoms with van der Waals surface area (Å²) in [5.41, 5.74) is 12.5. The molecule has 0 heterocycles. The van der Waals surface area contributed by atoms with Crippen molar-refractivity contribution in [3.05, 3.63) is 0 Å². The third kappa shape index (κ3) is 2.95. The molecule has 6 heteroatoms. The minimum atomic E-state index is -1.82. The third-order valence-corrected chi connectivity index (χ3v) is 3.97. The first-order valence-corrected chi connectivity index (χ1v) is 5.87. The molecule has 0 aromatic heterocycles. The number of hydrogen-bond donors (Lipinski definition) is 4. The highest BCUT2D eigenvalue weighted by molar-refractivity contribution is 6.27. The molecule has 0 amide bonds. The summed E-state index contributed by atoms with van der Waals surface area (Å²) in [6, 6.07) is 0.806. The van der Waals surface area contributed by atoms with Crippen molar-refractivity contribution in [2.45, 2.75) is 50.6 Å². The van der Waals surface area contributed by atoms with Crippen LogP contribution in [0.15, 0.2) is 0 Å². The van der Waals surface area contributed by atoms with Gasteiger partial charge in [-0.15, -0.1) is 0 Å². The molecule has 2 saturated carbocycles. The van der Waals surface area contributed by atoms with Crippen LogP contribution in [-0.2, 0) is 9.59 Å². The number of aliphatic carboxylic acids is 2. The molecule has 2 aliphatic carbocycles. The molecule has 1 spiro atoms. The lowest BCUT2D eigenvalue weighted by Gasteiger charge is -2.33. The molecule has 6 nitrogen and oxygen atoms in total. The Balaban J connectivity index is 0.000000209. The fourth-order valence-electron chi connectivity index (χ4n) is 3.02. The Kier molecular flexibility index (Phi) is 4.47. The second-order valence-electron chi connectivity index (χ2n) is 4.84. The van der Waals surface area contributed by atoms with Crippen molar-refractivity contribution in [1.82, 2.24) is 0 Å². The molecule has 98 valence electrons. The summed E-state index contributed by atoms with van der Waals surface area (Å²) in [6.45, 7) is 0. The number of carboxylic acids is 2. The van der Waals surface area contributed by atoms with Crippen LogP contribution in [0.5, 0.6) is 0 Å². The number of carbonyl (C=O) groups is 2. The van der Waals surface area contributed by atoms with Gasteiger partial charge in [0.2, 0.25) is 0 Å². The van der Waals surface area contributed by atoms with Gasteiger partial charge in [0.25, 0.3) is 0 Å². The maximum absolute atomic E-state index is 9.10. The predicted molar refractivity (Wildman–Crippen MR) is 61.4 cm³/mol. The van der Waals surface area contributed by atoms with Gasteiger partial charge in [0, 0.05) is 17.5 Å². The fraction of sp³-hybridized carbons (Fsp3) is 0.818. The van der Waals surface area contributed by atoms with Crippen molar-refractivity contribution in [1.29, 1.82) is 0 Å². The lowest BCUT2D eigenvalue weighted by molar-refractivity contribution is -0.159. The molecule has 2 aliphatic rings. The number of carboxylic acid groups (broad SMARTS) is 2. The molecule has 0 aromatic carbocycles. The first kappa shape index (κ1) is 13.9. The van der Waals surface area contributed by atoms with E-state index in [0.29, 0.717) is 17.5 Å². The Bertz CT molecular complexity index is 276. The highest BCUT2D eigenvalue weighted by Gasteiger charge is 2.47. The van der Waals surface area contributed by atoms with Gasteiger partial charge in [-0.1, -0.05) is 12.8 Å². The fourth-order valence-corrected chi connectivity index (χ4v) is 3.02. The minimum absolute atomic E-state index is 0.361. The van der Waals surface area contributed by atoms with Crippen LogP contribution < -0.4 is 11.5 Å². The highest BCUT2D eigenvalue weighted by Crippen LogP contribution is 2.48. The monoisotopic (exact) mass is 244 g/mol. The summed E-state index contributed by atoms with van der Waals surface area (Å²) in [7, 11) is 0. The quantitative estimate of drug-likeness (QED) is 0.449. The topological polar surface area (TPSA) is 127 Å². The average molecular weight is 244 g/mol. The molecule has 0 aromatic rings. The van der Waals surface area contributed by atoms with Crippen LogP contribution in [0.4, 0.5) is 0 Å². The van der Waals surface area contributed by atoms with Crippen LogP contribution in [-0.4, -0.2) is 34.2 Å². The van der Waals surface area contributed by atoms with Gasteiger partial charge < -0.3 is 21.7 Å². The Labute approximate surface area is 100.0 Å². The summed E-state index contributed by atoms with van der Waals surface area (Å²) in [5.74, 6) is -3.65. The number of nitrogens with two attached hydrogens (primary N) is 2. The van der Waals surface area contributed by atoms with Crippen LogP contribution in [0.2, 0.25) is 0 Å². The van der Waals surface area contributed by atoms with Crippen LogP contribution >= 0.6 is 0 Å². The van der Waals surface area contributed by atoms with Crippen molar-refractivity contribution >= 4 is 11.9 Å². The molecular formula is C11H20N2O4. The van der Waals surface area contributed by atoms with Crippen molar-refractivity contribution in [2.75, 3.05) is 0 Å². The first-order chi connectivity index (χ1) is 7.90. The zero-order valence-electron chi connectivity index (χ0n) is 9.76. The van der Waals surface area contributed by atoms with E-state index in [1.807, 2.05) is 0 Å². The molecule has 0 bridgehead atoms. The van der Waals surface area contributed by atoms with E-state index in [-0.39, 0.29) is 0 Å². The molecule has 6 N–H and O–H groups in total. The van der Waals surface area contributed by atoms with Crippen molar-refractivity contribution in [2.24, 2.45) is 16.9 Å². The Hall–Kier alpha value is -1.14. The number of rotatable bonds is 0. The lowest BCUT2D eigenvalue weighted by atomic mass is 9.78. The minimum Gasteiger partial charge on any atom is -0.473 e. The largest absolute Gasteiger partial charge is 0.473 e. The highest BCUT2D eigenvalue weighted by atomic mass is 16.4. The molecule has 0 saturated heterocycles. The standard InChI is InChI=1S/C9H18N2.C2H2O4/c10-7-3-1-5-9(7)6-2-4-8(9)11;3-1(4)2(5)6/h7-8H,1-6,10-11H2;(H,3,4)(H,5,6)/t7-,8-,9?;/m0./s1. The van der Waals surface area contributed by atoms with E-state index >= 15 is 0 Å². The van der Waals surface area contributed by atoms with Crippen LogP contribution in [0.3, 0.4) is 0 Å². The summed E-state index contributed by atoms with van der Waals surface area (Å²) >= 11 is 0. The third-order valence-electron chi connectivity index (χ3n) is 3.97. The predicted octanol–water partition coefficient (Wildman–Crippen LogP) is 0.151. The summed E-state index contributed by atoms with van der Waals surface area (Å²) in [4.78, 5) is 18.2. The van der Waals surface area contributed by atoms with Crippen LogP contribution in [0.25, 0.3) is 0 Å². The van der Waals surface area contributed by atoms with Crippen molar-refractivity contribution in [3.8, 4) is 0 Å². The van der Waals surface area contributed by atoms with E-state index in [0.717, 1.165) is 0 Å². The van der Waals surface area contributed by atoms with Crippen molar-refractivity contribution in [3.63, 3.8) is 0 Å². The SMILES string of the molecule is N[C@H]1CCCC12CCC[C@@H]2N.O=C(O)C(=O)O. The van der Waals surface area contributed by atoms with E-state index in [2.05, 4.69) is 0 Å². The van der Waals surface area contributed by atoms with E-state index in [1.54, 1.807) is 0 Å². The molecular weight excluding hydrogens is 224 g/mol. The lowest BCUT2D eigenvalue weighted by Crippen LogP contribution is -2.46. The van der Waals surface area contributed by atoms with E-state index < -0.39 is 11.9 Å². The molecule has 0 unspecified atom stereocenters. The smallest absolute Gasteiger partial charge is 0.414 e. The van der Waals surface area contributed by atoms with E-state index in [1.165, 1.54) is 38.5 Å². The van der Waals surface area contributed by atoms with Gasteiger partial charge >= 0.3 is 11.9 Å². The average Bonchev–Trinajstić information content (AvgIpc) is 2.78. The van der Waals surface area contributed by atoms with Gasteiger partial charge in [0.05, 0.1) is 0 Å². The summed E-state index contributed by atoms with van der Waals surface area (Å²) < 4.78 is 0. The maximum atomic E-state index is 9.10. The maximum Gasteiger partial charge on any atom is 0.414 e. The molecule has 2 rings (SSSR count). The second-order valence-corrected chi connectivity index (χ2v) is 4.84. The summed E-state index contributed by atoms with van der Waals surface area (Å²) in [6.07, 6.45) is 7.58. The number of hydrogen-bond acceptors (Lipinski definition) is 4. The van der Waals surface area contributed by atoms with Crippen molar-refractivity contribution < 1.29 is 19.8 Å².